The molecule has 0 fully saturated rings. The van der Waals surface area contributed by atoms with Gasteiger partial charge in [0.15, 0.2) is 0 Å². The highest BCUT2D eigenvalue weighted by Gasteiger charge is 1.88. The Morgan fingerprint density at radius 2 is 1.25 bits per heavy atom. The zero-order valence-electron chi connectivity index (χ0n) is 9.85. The fraction of sp³-hybridized carbons (Fsp3) is 1.00. The van der Waals surface area contributed by atoms with Crippen LogP contribution in [0.5, 0.6) is 0 Å². The number of hydrogen-bond donors (Lipinski definition) is 0. The first kappa shape index (κ1) is 14.5. The minimum absolute atomic E-state index is 0.935. The molecule has 1 heteroatoms. The van der Waals surface area contributed by atoms with E-state index in [0.29, 0.717) is 0 Å². The minimum Gasteiger partial charge on any atom is -0.307 e. The highest BCUT2D eigenvalue weighted by molar-refractivity contribution is 4.41. The first-order valence-electron chi connectivity index (χ1n) is 5.30. The molecule has 76 valence electrons. The molecule has 0 saturated carbocycles. The molecule has 0 aromatic carbocycles. The van der Waals surface area contributed by atoms with Gasteiger partial charge in [0, 0.05) is 0 Å². The second-order valence-corrected chi connectivity index (χ2v) is 3.41. The van der Waals surface area contributed by atoms with Crippen LogP contribution in [0.15, 0.2) is 0 Å². The van der Waals surface area contributed by atoms with Crippen molar-refractivity contribution in [2.24, 2.45) is 5.92 Å². The maximum Gasteiger partial charge on any atom is -0.00504 e. The number of nitrogens with zero attached hydrogens (tertiary/aromatic N) is 1. The molecule has 0 aliphatic heterocycles. The van der Waals surface area contributed by atoms with Crippen LogP contribution >= 0.6 is 0 Å². The highest BCUT2D eigenvalue weighted by Crippen LogP contribution is 2.02. The summed E-state index contributed by atoms with van der Waals surface area (Å²) < 4.78 is 0. The van der Waals surface area contributed by atoms with E-state index >= 15 is 0 Å². The summed E-state index contributed by atoms with van der Waals surface area (Å²) in [5, 5.41) is 0. The van der Waals surface area contributed by atoms with Crippen molar-refractivity contribution in [1.82, 2.24) is 4.90 Å². The molecule has 0 aromatic rings. The molecule has 0 spiro atoms. The summed E-state index contributed by atoms with van der Waals surface area (Å²) >= 11 is 0. The minimum atomic E-state index is 0.935. The Bertz CT molecular complexity index is 53.4. The van der Waals surface area contributed by atoms with Gasteiger partial charge in [-0.1, -0.05) is 47.5 Å². The van der Waals surface area contributed by atoms with E-state index in [4.69, 9.17) is 0 Å². The Morgan fingerprint density at radius 1 is 0.917 bits per heavy atom. The molecule has 0 bridgehead atoms. The van der Waals surface area contributed by atoms with Gasteiger partial charge in [0.05, 0.1) is 0 Å². The second kappa shape index (κ2) is 11.0. The van der Waals surface area contributed by atoms with Crippen LogP contribution in [0.1, 0.15) is 47.5 Å². The summed E-state index contributed by atoms with van der Waals surface area (Å²) in [5.74, 6) is 0.935. The molecule has 0 aliphatic carbocycles. The first-order chi connectivity index (χ1) is 5.62. The van der Waals surface area contributed by atoms with Crippen molar-refractivity contribution < 1.29 is 0 Å². The fourth-order valence-corrected chi connectivity index (χ4v) is 0.512. The van der Waals surface area contributed by atoms with Gasteiger partial charge in [-0.2, -0.15) is 0 Å². The second-order valence-electron chi connectivity index (χ2n) is 3.41. The molecule has 0 heterocycles. The van der Waals surface area contributed by atoms with Crippen LogP contribution in [0.2, 0.25) is 0 Å². The summed E-state index contributed by atoms with van der Waals surface area (Å²) in [6.45, 7) is 13.4. The van der Waals surface area contributed by atoms with Gasteiger partial charge in [-0.3, -0.25) is 0 Å². The van der Waals surface area contributed by atoms with Gasteiger partial charge < -0.3 is 4.90 Å². The van der Waals surface area contributed by atoms with Crippen LogP contribution in [0.3, 0.4) is 0 Å². The Labute approximate surface area is 79.2 Å². The molecule has 0 N–H and O–H groups in total. The van der Waals surface area contributed by atoms with Crippen LogP contribution in [0.25, 0.3) is 0 Å². The smallest absolute Gasteiger partial charge is 0.00504 e. The third-order valence-corrected chi connectivity index (χ3v) is 2.47. The lowest BCUT2D eigenvalue weighted by molar-refractivity contribution is 0.373. The van der Waals surface area contributed by atoms with Crippen molar-refractivity contribution in [3.05, 3.63) is 0 Å². The summed E-state index contributed by atoms with van der Waals surface area (Å²) in [6.07, 6.45) is 2.66. The van der Waals surface area contributed by atoms with Crippen LogP contribution in [0, 0.1) is 5.92 Å². The first-order valence-corrected chi connectivity index (χ1v) is 5.30. The van der Waals surface area contributed by atoms with E-state index in [2.05, 4.69) is 46.6 Å². The molecule has 1 nitrogen and oxygen atoms in total. The summed E-state index contributed by atoms with van der Waals surface area (Å²) in [6, 6.07) is 0. The molecular weight excluding hydrogens is 146 g/mol. The molecule has 0 aromatic heterocycles. The van der Waals surface area contributed by atoms with Gasteiger partial charge in [-0.25, -0.2) is 0 Å². The Hall–Kier alpha value is -0.0400. The van der Waals surface area contributed by atoms with E-state index in [0.717, 1.165) is 19.0 Å². The zero-order valence-corrected chi connectivity index (χ0v) is 9.85. The van der Waals surface area contributed by atoms with Gasteiger partial charge in [0.1, 0.15) is 0 Å². The lowest BCUT2D eigenvalue weighted by Crippen LogP contribution is -2.15. The largest absolute Gasteiger partial charge is 0.307 e. The van der Waals surface area contributed by atoms with Crippen molar-refractivity contribution in [2.45, 2.75) is 47.5 Å². The van der Waals surface area contributed by atoms with Gasteiger partial charge in [0.25, 0.3) is 0 Å². The maximum absolute atomic E-state index is 2.28. The highest BCUT2D eigenvalue weighted by atomic mass is 15.1. The monoisotopic (exact) mass is 173 g/mol. The third-order valence-electron chi connectivity index (χ3n) is 2.47. The SMILES string of the molecule is CCC(C)CC.CCN(C)CC. The quantitative estimate of drug-likeness (QED) is 0.630. The fourth-order valence-electron chi connectivity index (χ4n) is 0.512. The Balaban J connectivity index is 0. The predicted molar refractivity (Wildman–Crippen MR) is 58.6 cm³/mol. The third kappa shape index (κ3) is 12.6. The van der Waals surface area contributed by atoms with E-state index in [1.54, 1.807) is 0 Å². The van der Waals surface area contributed by atoms with E-state index in [-0.39, 0.29) is 0 Å². The van der Waals surface area contributed by atoms with Crippen molar-refractivity contribution in [3.8, 4) is 0 Å². The lowest BCUT2D eigenvalue weighted by Gasteiger charge is -2.07. The van der Waals surface area contributed by atoms with E-state index in [9.17, 15) is 0 Å². The van der Waals surface area contributed by atoms with E-state index in [1.165, 1.54) is 12.8 Å². The molecule has 0 saturated heterocycles. The predicted octanol–water partition coefficient (Wildman–Crippen LogP) is 3.40. The van der Waals surface area contributed by atoms with Crippen LogP contribution in [-0.2, 0) is 0 Å². The van der Waals surface area contributed by atoms with Gasteiger partial charge in [-0.05, 0) is 26.1 Å². The average Bonchev–Trinajstić information content (AvgIpc) is 2.16. The van der Waals surface area contributed by atoms with Crippen LogP contribution in [-0.4, -0.2) is 25.0 Å². The van der Waals surface area contributed by atoms with Crippen LogP contribution in [0.4, 0.5) is 0 Å². The van der Waals surface area contributed by atoms with Gasteiger partial charge in [0.2, 0.25) is 0 Å². The Morgan fingerprint density at radius 3 is 1.25 bits per heavy atom. The van der Waals surface area contributed by atoms with Crippen molar-refractivity contribution in [2.75, 3.05) is 20.1 Å². The zero-order chi connectivity index (χ0) is 9.98. The van der Waals surface area contributed by atoms with Crippen LogP contribution < -0.4 is 0 Å². The molecule has 12 heavy (non-hydrogen) atoms. The topological polar surface area (TPSA) is 3.24 Å². The molecule has 0 aliphatic rings. The average molecular weight is 173 g/mol. The lowest BCUT2D eigenvalue weighted by atomic mass is 10.1. The van der Waals surface area contributed by atoms with Crippen molar-refractivity contribution in [3.63, 3.8) is 0 Å². The summed E-state index contributed by atoms with van der Waals surface area (Å²) in [5.41, 5.74) is 0. The molecule has 0 unspecified atom stereocenters. The Kier molecular flexibility index (Phi) is 13.2. The molecular formula is C11H27N. The maximum atomic E-state index is 2.28. The molecule has 0 rings (SSSR count). The van der Waals surface area contributed by atoms with Crippen molar-refractivity contribution in [1.29, 1.82) is 0 Å². The van der Waals surface area contributed by atoms with E-state index in [1.807, 2.05) is 0 Å². The number of rotatable bonds is 4. The standard InChI is InChI=1S/C6H14.C5H13N/c2*1-4-6(3)5-2/h6H,4-5H2,1-3H3;4-5H2,1-3H3. The van der Waals surface area contributed by atoms with Gasteiger partial charge >= 0.3 is 0 Å². The molecule has 0 atom stereocenters. The summed E-state index contributed by atoms with van der Waals surface area (Å²) in [4.78, 5) is 2.25. The summed E-state index contributed by atoms with van der Waals surface area (Å²) in [7, 11) is 2.11. The number of hydrogen-bond acceptors (Lipinski definition) is 1. The van der Waals surface area contributed by atoms with Crippen molar-refractivity contribution >= 4 is 0 Å². The normalized spacial score (nSPS) is 10.0. The molecule has 0 radical (unpaired) electrons. The van der Waals surface area contributed by atoms with E-state index < -0.39 is 0 Å². The molecule has 0 amide bonds. The van der Waals surface area contributed by atoms with Gasteiger partial charge in [-0.15, -0.1) is 0 Å².